The molecule has 1 saturated heterocycles. The maximum absolute atomic E-state index is 12.0. The summed E-state index contributed by atoms with van der Waals surface area (Å²) in [6, 6.07) is -0.0551. The van der Waals surface area contributed by atoms with Crippen molar-refractivity contribution in [3.8, 4) is 0 Å². The second kappa shape index (κ2) is 5.88. The molecule has 15 heavy (non-hydrogen) atoms. The van der Waals surface area contributed by atoms with E-state index in [1.54, 1.807) is 0 Å². The molecule has 1 unspecified atom stereocenters. The van der Waals surface area contributed by atoms with Crippen molar-refractivity contribution in [2.24, 2.45) is 5.73 Å². The van der Waals surface area contributed by atoms with Crippen LogP contribution in [0.25, 0.3) is 0 Å². The van der Waals surface area contributed by atoms with E-state index in [0.29, 0.717) is 6.54 Å². The number of likely N-dealkylation sites (N-methyl/N-ethyl adjacent to an activating group) is 1. The Morgan fingerprint density at radius 1 is 1.60 bits per heavy atom. The summed E-state index contributed by atoms with van der Waals surface area (Å²) in [5.74, 6) is 0.194. The molecule has 0 aromatic carbocycles. The lowest BCUT2D eigenvalue weighted by atomic mass is 10.1. The van der Waals surface area contributed by atoms with E-state index in [2.05, 4.69) is 11.5 Å². The number of nitrogens with two attached hydrogens (primary N) is 1. The first-order valence-corrected chi connectivity index (χ1v) is 5.50. The van der Waals surface area contributed by atoms with Gasteiger partial charge in [-0.15, -0.1) is 6.58 Å². The minimum absolute atomic E-state index is 0.0551. The van der Waals surface area contributed by atoms with Crippen molar-refractivity contribution >= 4 is 5.91 Å². The molecular weight excluding hydrogens is 190 g/mol. The number of hydrogen-bond acceptors (Lipinski definition) is 3. The third kappa shape index (κ3) is 3.04. The number of amides is 1. The van der Waals surface area contributed by atoms with Gasteiger partial charge < -0.3 is 10.6 Å². The Balaban J connectivity index is 2.74. The highest BCUT2D eigenvalue weighted by molar-refractivity contribution is 5.81. The van der Waals surface area contributed by atoms with E-state index in [-0.39, 0.29) is 11.9 Å². The molecule has 0 bridgehead atoms. The molecule has 2 N–H and O–H groups in total. The number of hydrogen-bond donors (Lipinski definition) is 1. The zero-order valence-corrected chi connectivity index (χ0v) is 9.48. The molecule has 0 saturated carbocycles. The molecular formula is C11H21N3O. The van der Waals surface area contributed by atoms with Crippen molar-refractivity contribution in [2.75, 3.05) is 33.2 Å². The van der Waals surface area contributed by atoms with Crippen LogP contribution in [0.2, 0.25) is 0 Å². The minimum atomic E-state index is -0.0551. The Labute approximate surface area is 91.7 Å². The van der Waals surface area contributed by atoms with Crippen molar-refractivity contribution in [3.05, 3.63) is 12.7 Å². The van der Waals surface area contributed by atoms with Crippen LogP contribution < -0.4 is 5.73 Å². The highest BCUT2D eigenvalue weighted by atomic mass is 16.2. The van der Waals surface area contributed by atoms with Crippen molar-refractivity contribution in [1.82, 2.24) is 9.80 Å². The minimum Gasteiger partial charge on any atom is -0.344 e. The lowest BCUT2D eigenvalue weighted by Crippen LogP contribution is -2.45. The van der Waals surface area contributed by atoms with Gasteiger partial charge in [-0.1, -0.05) is 6.08 Å². The average molecular weight is 211 g/mol. The van der Waals surface area contributed by atoms with Gasteiger partial charge in [-0.25, -0.2) is 0 Å². The van der Waals surface area contributed by atoms with Crippen molar-refractivity contribution in [3.63, 3.8) is 0 Å². The topological polar surface area (TPSA) is 49.6 Å². The molecule has 1 amide bonds. The molecule has 0 aromatic heterocycles. The standard InChI is InChI=1S/C11H21N3O/c1-3-7-14-9-4-8-13(2)11(15)10(14)5-6-12/h3,10H,1,4-9,12H2,2H3. The summed E-state index contributed by atoms with van der Waals surface area (Å²) < 4.78 is 0. The van der Waals surface area contributed by atoms with Crippen molar-refractivity contribution in [1.29, 1.82) is 0 Å². The van der Waals surface area contributed by atoms with E-state index in [9.17, 15) is 4.79 Å². The zero-order valence-electron chi connectivity index (χ0n) is 9.48. The summed E-state index contributed by atoms with van der Waals surface area (Å²) in [6.45, 7) is 6.84. The summed E-state index contributed by atoms with van der Waals surface area (Å²) in [7, 11) is 1.86. The lowest BCUT2D eigenvalue weighted by Gasteiger charge is -2.28. The molecule has 0 radical (unpaired) electrons. The monoisotopic (exact) mass is 211 g/mol. The van der Waals surface area contributed by atoms with E-state index in [0.717, 1.165) is 32.5 Å². The number of carbonyl (C=O) groups is 1. The molecule has 0 aliphatic carbocycles. The molecule has 4 nitrogen and oxygen atoms in total. The summed E-state index contributed by atoms with van der Waals surface area (Å²) in [5.41, 5.74) is 5.55. The van der Waals surface area contributed by atoms with Gasteiger partial charge in [-0.05, 0) is 19.4 Å². The largest absolute Gasteiger partial charge is 0.344 e. The van der Waals surface area contributed by atoms with Gasteiger partial charge in [-0.2, -0.15) is 0 Å². The summed E-state index contributed by atoms with van der Waals surface area (Å²) in [4.78, 5) is 16.0. The number of nitrogens with zero attached hydrogens (tertiary/aromatic N) is 2. The van der Waals surface area contributed by atoms with Gasteiger partial charge in [0.1, 0.15) is 0 Å². The predicted molar refractivity (Wildman–Crippen MR) is 61.5 cm³/mol. The molecule has 0 spiro atoms. The van der Waals surface area contributed by atoms with Crippen LogP contribution in [0.5, 0.6) is 0 Å². The Bertz CT molecular complexity index is 230. The molecule has 86 valence electrons. The van der Waals surface area contributed by atoms with Gasteiger partial charge in [0.15, 0.2) is 0 Å². The molecule has 4 heteroatoms. The summed E-state index contributed by atoms with van der Waals surface area (Å²) >= 11 is 0. The molecule has 0 aromatic rings. The summed E-state index contributed by atoms with van der Waals surface area (Å²) in [5, 5.41) is 0. The van der Waals surface area contributed by atoms with Gasteiger partial charge in [-0.3, -0.25) is 9.69 Å². The molecule has 1 aliphatic rings. The van der Waals surface area contributed by atoms with Crippen LogP contribution >= 0.6 is 0 Å². The number of carbonyl (C=O) groups excluding carboxylic acids is 1. The van der Waals surface area contributed by atoms with Gasteiger partial charge in [0.05, 0.1) is 6.04 Å². The van der Waals surface area contributed by atoms with E-state index in [4.69, 9.17) is 5.73 Å². The quantitative estimate of drug-likeness (QED) is 0.669. The Hall–Kier alpha value is -0.870. The fourth-order valence-electron chi connectivity index (χ4n) is 2.04. The van der Waals surface area contributed by atoms with Crippen LogP contribution in [0.1, 0.15) is 12.8 Å². The second-order valence-electron chi connectivity index (χ2n) is 3.99. The van der Waals surface area contributed by atoms with Gasteiger partial charge >= 0.3 is 0 Å². The fourth-order valence-corrected chi connectivity index (χ4v) is 2.04. The van der Waals surface area contributed by atoms with Crippen LogP contribution in [-0.4, -0.2) is 55.0 Å². The van der Waals surface area contributed by atoms with Crippen LogP contribution in [0.3, 0.4) is 0 Å². The Morgan fingerprint density at radius 2 is 2.33 bits per heavy atom. The van der Waals surface area contributed by atoms with Gasteiger partial charge in [0.2, 0.25) is 5.91 Å². The third-order valence-corrected chi connectivity index (χ3v) is 2.84. The highest BCUT2D eigenvalue weighted by Gasteiger charge is 2.29. The highest BCUT2D eigenvalue weighted by Crippen LogP contribution is 2.12. The predicted octanol–water partition coefficient (Wildman–Crippen LogP) is 0.0539. The van der Waals surface area contributed by atoms with Crippen molar-refractivity contribution in [2.45, 2.75) is 18.9 Å². The fraction of sp³-hybridized carbons (Fsp3) is 0.727. The first-order valence-electron chi connectivity index (χ1n) is 5.50. The third-order valence-electron chi connectivity index (χ3n) is 2.84. The summed E-state index contributed by atoms with van der Waals surface area (Å²) in [6.07, 6.45) is 3.61. The molecule has 1 rings (SSSR count). The van der Waals surface area contributed by atoms with E-state index in [1.807, 2.05) is 18.0 Å². The normalized spacial score (nSPS) is 24.0. The van der Waals surface area contributed by atoms with E-state index >= 15 is 0 Å². The van der Waals surface area contributed by atoms with Crippen LogP contribution in [-0.2, 0) is 4.79 Å². The first kappa shape index (κ1) is 12.2. The van der Waals surface area contributed by atoms with E-state index in [1.165, 1.54) is 0 Å². The van der Waals surface area contributed by atoms with Crippen LogP contribution in [0.4, 0.5) is 0 Å². The number of rotatable bonds is 4. The molecule has 1 atom stereocenters. The van der Waals surface area contributed by atoms with Gasteiger partial charge in [0, 0.05) is 26.7 Å². The maximum Gasteiger partial charge on any atom is 0.239 e. The molecule has 1 fully saturated rings. The first-order chi connectivity index (χ1) is 7.20. The van der Waals surface area contributed by atoms with E-state index < -0.39 is 0 Å². The molecule has 1 aliphatic heterocycles. The zero-order chi connectivity index (χ0) is 11.3. The SMILES string of the molecule is C=CCN1CCCN(C)C(=O)C1CCN. The average Bonchev–Trinajstić information content (AvgIpc) is 2.34. The second-order valence-corrected chi connectivity index (χ2v) is 3.99. The Morgan fingerprint density at radius 3 is 2.93 bits per heavy atom. The lowest BCUT2D eigenvalue weighted by molar-refractivity contribution is -0.134. The smallest absolute Gasteiger partial charge is 0.239 e. The van der Waals surface area contributed by atoms with Crippen LogP contribution in [0.15, 0.2) is 12.7 Å². The molecule has 1 heterocycles. The van der Waals surface area contributed by atoms with Crippen molar-refractivity contribution < 1.29 is 4.79 Å². The van der Waals surface area contributed by atoms with Crippen LogP contribution in [0, 0.1) is 0 Å². The van der Waals surface area contributed by atoms with Gasteiger partial charge in [0.25, 0.3) is 0 Å². The maximum atomic E-state index is 12.0. The Kier molecular flexibility index (Phi) is 4.78.